The molecule has 3 rings (SSSR count). The number of nitrogens with one attached hydrogen (secondary N) is 1. The van der Waals surface area contributed by atoms with Crippen molar-refractivity contribution in [1.29, 1.82) is 0 Å². The average Bonchev–Trinajstić information content (AvgIpc) is 2.61. The third-order valence-electron chi connectivity index (χ3n) is 4.44. The molecule has 4 nitrogen and oxygen atoms in total. The number of anilines is 2. The van der Waals surface area contributed by atoms with Gasteiger partial charge in [-0.2, -0.15) is 0 Å². The van der Waals surface area contributed by atoms with Crippen LogP contribution in [0.3, 0.4) is 0 Å². The molecule has 0 saturated carbocycles. The lowest BCUT2D eigenvalue weighted by Crippen LogP contribution is -2.50. The highest BCUT2D eigenvalue weighted by Gasteiger charge is 2.21. The number of aryl methyl sites for hydroxylation is 1. The lowest BCUT2D eigenvalue weighted by atomic mass is 10.2. The molecule has 0 aliphatic carbocycles. The second-order valence-electron chi connectivity index (χ2n) is 6.16. The third-order valence-corrected chi connectivity index (χ3v) is 4.94. The molecule has 0 unspecified atom stereocenters. The van der Waals surface area contributed by atoms with Gasteiger partial charge in [-0.25, -0.2) is 4.39 Å². The molecular weight excluding hydrogens is 385 g/mol. The Morgan fingerprint density at radius 1 is 1.12 bits per heavy atom. The van der Waals surface area contributed by atoms with Crippen LogP contribution < -0.4 is 10.2 Å². The Balaban J connectivity index is 1.50. The number of carbonyl (C=O) groups is 1. The van der Waals surface area contributed by atoms with Gasteiger partial charge in [0.15, 0.2) is 0 Å². The van der Waals surface area contributed by atoms with Crippen LogP contribution in [0.4, 0.5) is 15.8 Å². The van der Waals surface area contributed by atoms with Gasteiger partial charge >= 0.3 is 0 Å². The lowest BCUT2D eigenvalue weighted by Gasteiger charge is -2.36. The van der Waals surface area contributed by atoms with E-state index in [2.05, 4.69) is 26.1 Å². The van der Waals surface area contributed by atoms with E-state index in [0.717, 1.165) is 34.5 Å². The molecule has 2 aromatic carbocycles. The van der Waals surface area contributed by atoms with Crippen LogP contribution in [0.5, 0.6) is 0 Å². The van der Waals surface area contributed by atoms with Crippen molar-refractivity contribution < 1.29 is 9.18 Å². The summed E-state index contributed by atoms with van der Waals surface area (Å²) < 4.78 is 14.0. The molecule has 1 amide bonds. The molecular formula is C19H21BrFN3O. The molecule has 1 saturated heterocycles. The fourth-order valence-electron chi connectivity index (χ4n) is 2.97. The van der Waals surface area contributed by atoms with Crippen molar-refractivity contribution >= 4 is 33.2 Å². The molecule has 1 heterocycles. The maximum Gasteiger partial charge on any atom is 0.241 e. The Hall–Kier alpha value is -2.08. The summed E-state index contributed by atoms with van der Waals surface area (Å²) in [6, 6.07) is 12.5. The van der Waals surface area contributed by atoms with Crippen LogP contribution in [-0.2, 0) is 4.79 Å². The number of benzene rings is 2. The summed E-state index contributed by atoms with van der Waals surface area (Å²) in [6.45, 7) is 5.18. The molecule has 1 aliphatic heterocycles. The van der Waals surface area contributed by atoms with Crippen LogP contribution in [0.2, 0.25) is 0 Å². The monoisotopic (exact) mass is 405 g/mol. The standard InChI is InChI=1S/C19H21BrFN3O/c1-14-12-15(20)2-7-18(14)22-13-19(25)24-10-8-23(9-11-24)17-5-3-16(21)4-6-17/h2-7,12,22H,8-11,13H2,1H3. The zero-order chi connectivity index (χ0) is 17.8. The normalized spacial score (nSPS) is 14.5. The van der Waals surface area contributed by atoms with Gasteiger partial charge in [0.25, 0.3) is 0 Å². The van der Waals surface area contributed by atoms with E-state index in [-0.39, 0.29) is 11.7 Å². The fourth-order valence-corrected chi connectivity index (χ4v) is 3.45. The molecule has 0 bridgehead atoms. The number of rotatable bonds is 4. The maximum atomic E-state index is 13.0. The third kappa shape index (κ3) is 4.51. The van der Waals surface area contributed by atoms with E-state index in [1.807, 2.05) is 30.0 Å². The van der Waals surface area contributed by atoms with Crippen molar-refractivity contribution in [3.63, 3.8) is 0 Å². The number of hydrogen-bond donors (Lipinski definition) is 1. The van der Waals surface area contributed by atoms with Gasteiger partial charge in [0.05, 0.1) is 6.54 Å². The van der Waals surface area contributed by atoms with Crippen molar-refractivity contribution in [3.05, 3.63) is 58.3 Å². The van der Waals surface area contributed by atoms with Crippen molar-refractivity contribution in [2.75, 3.05) is 42.9 Å². The van der Waals surface area contributed by atoms with E-state index in [1.54, 1.807) is 12.1 Å². The van der Waals surface area contributed by atoms with Gasteiger partial charge in [-0.1, -0.05) is 15.9 Å². The Morgan fingerprint density at radius 2 is 1.80 bits per heavy atom. The Morgan fingerprint density at radius 3 is 2.44 bits per heavy atom. The summed E-state index contributed by atoms with van der Waals surface area (Å²) in [7, 11) is 0. The van der Waals surface area contributed by atoms with Crippen molar-refractivity contribution in [2.45, 2.75) is 6.92 Å². The fraction of sp³-hybridized carbons (Fsp3) is 0.316. The van der Waals surface area contributed by atoms with E-state index in [4.69, 9.17) is 0 Å². The first-order valence-corrected chi connectivity index (χ1v) is 9.10. The van der Waals surface area contributed by atoms with Crippen molar-refractivity contribution in [3.8, 4) is 0 Å². The summed E-state index contributed by atoms with van der Waals surface area (Å²) >= 11 is 3.44. The summed E-state index contributed by atoms with van der Waals surface area (Å²) in [4.78, 5) is 16.5. The number of piperazine rings is 1. The van der Waals surface area contributed by atoms with Gasteiger partial charge in [0, 0.05) is 42.0 Å². The van der Waals surface area contributed by atoms with E-state index in [1.165, 1.54) is 12.1 Å². The van der Waals surface area contributed by atoms with Gasteiger partial charge in [-0.05, 0) is 55.0 Å². The lowest BCUT2D eigenvalue weighted by molar-refractivity contribution is -0.129. The Bertz CT molecular complexity index is 743. The molecule has 0 atom stereocenters. The number of carbonyl (C=O) groups excluding carboxylic acids is 1. The second-order valence-corrected chi connectivity index (χ2v) is 7.07. The van der Waals surface area contributed by atoms with E-state index >= 15 is 0 Å². The van der Waals surface area contributed by atoms with E-state index in [9.17, 15) is 9.18 Å². The summed E-state index contributed by atoms with van der Waals surface area (Å²) in [5.74, 6) is -0.132. The topological polar surface area (TPSA) is 35.6 Å². The predicted molar refractivity (Wildman–Crippen MR) is 103 cm³/mol. The molecule has 0 radical (unpaired) electrons. The molecule has 132 valence electrons. The van der Waals surface area contributed by atoms with Crippen LogP contribution in [0.25, 0.3) is 0 Å². The zero-order valence-electron chi connectivity index (χ0n) is 14.1. The minimum atomic E-state index is -0.230. The molecule has 1 aliphatic rings. The van der Waals surface area contributed by atoms with Gasteiger partial charge in [-0.15, -0.1) is 0 Å². The SMILES string of the molecule is Cc1cc(Br)ccc1NCC(=O)N1CCN(c2ccc(F)cc2)CC1. The first kappa shape index (κ1) is 17.7. The predicted octanol–water partition coefficient (Wildman–Crippen LogP) is 3.66. The van der Waals surface area contributed by atoms with E-state index < -0.39 is 0 Å². The quantitative estimate of drug-likeness (QED) is 0.842. The number of nitrogens with zero attached hydrogens (tertiary/aromatic N) is 2. The van der Waals surface area contributed by atoms with Crippen molar-refractivity contribution in [2.24, 2.45) is 0 Å². The van der Waals surface area contributed by atoms with Crippen LogP contribution in [0.15, 0.2) is 46.9 Å². The van der Waals surface area contributed by atoms with E-state index in [0.29, 0.717) is 19.6 Å². The highest BCUT2D eigenvalue weighted by atomic mass is 79.9. The second kappa shape index (κ2) is 7.87. The number of hydrogen-bond acceptors (Lipinski definition) is 3. The molecule has 25 heavy (non-hydrogen) atoms. The van der Waals surface area contributed by atoms with Crippen LogP contribution in [0.1, 0.15) is 5.56 Å². The molecule has 6 heteroatoms. The van der Waals surface area contributed by atoms with Crippen molar-refractivity contribution in [1.82, 2.24) is 4.90 Å². The van der Waals surface area contributed by atoms with Crippen LogP contribution in [-0.4, -0.2) is 43.5 Å². The van der Waals surface area contributed by atoms with Crippen LogP contribution >= 0.6 is 15.9 Å². The molecule has 2 aromatic rings. The van der Waals surface area contributed by atoms with Gasteiger partial charge in [0.2, 0.25) is 5.91 Å². The highest BCUT2D eigenvalue weighted by molar-refractivity contribution is 9.10. The number of amides is 1. The summed E-state index contributed by atoms with van der Waals surface area (Å²) in [6.07, 6.45) is 0. The smallest absolute Gasteiger partial charge is 0.241 e. The Labute approximate surface area is 155 Å². The average molecular weight is 406 g/mol. The number of halogens is 2. The summed E-state index contributed by atoms with van der Waals surface area (Å²) in [5.41, 5.74) is 3.07. The van der Waals surface area contributed by atoms with Gasteiger partial charge in [0.1, 0.15) is 5.82 Å². The largest absolute Gasteiger partial charge is 0.376 e. The zero-order valence-corrected chi connectivity index (χ0v) is 15.7. The van der Waals surface area contributed by atoms with Gasteiger partial charge in [-0.3, -0.25) is 4.79 Å². The molecule has 0 aromatic heterocycles. The first-order chi connectivity index (χ1) is 12.0. The maximum absolute atomic E-state index is 13.0. The minimum absolute atomic E-state index is 0.0982. The highest BCUT2D eigenvalue weighted by Crippen LogP contribution is 2.20. The Kier molecular flexibility index (Phi) is 5.58. The van der Waals surface area contributed by atoms with Crippen LogP contribution in [0, 0.1) is 12.7 Å². The molecule has 1 N–H and O–H groups in total. The minimum Gasteiger partial charge on any atom is -0.376 e. The molecule has 1 fully saturated rings. The molecule has 0 spiro atoms. The van der Waals surface area contributed by atoms with Gasteiger partial charge < -0.3 is 15.1 Å². The summed E-state index contributed by atoms with van der Waals surface area (Å²) in [5, 5.41) is 3.22. The first-order valence-electron chi connectivity index (χ1n) is 8.31.